The SMILES string of the molecule is O=[C]OCCCC(Cl)(Cl)Cl. The van der Waals surface area contributed by atoms with Crippen LogP contribution in [0.25, 0.3) is 0 Å². The number of ether oxygens (including phenoxy) is 1. The molecule has 0 rings (SSSR count). The Morgan fingerprint density at radius 2 is 2.00 bits per heavy atom. The maximum atomic E-state index is 9.48. The molecule has 0 aliphatic rings. The lowest BCUT2D eigenvalue weighted by Crippen LogP contribution is -2.03. The molecule has 0 atom stereocenters. The van der Waals surface area contributed by atoms with E-state index in [9.17, 15) is 4.79 Å². The molecule has 0 saturated carbocycles. The van der Waals surface area contributed by atoms with Crippen molar-refractivity contribution in [3.8, 4) is 0 Å². The van der Waals surface area contributed by atoms with Gasteiger partial charge in [-0.25, -0.2) is 4.79 Å². The highest BCUT2D eigenvalue weighted by Gasteiger charge is 2.18. The highest BCUT2D eigenvalue weighted by atomic mass is 35.6. The van der Waals surface area contributed by atoms with Gasteiger partial charge in [0.1, 0.15) is 0 Å². The second kappa shape index (κ2) is 5.05. The van der Waals surface area contributed by atoms with Gasteiger partial charge in [0.15, 0.2) is 3.79 Å². The number of halogens is 3. The van der Waals surface area contributed by atoms with E-state index in [1.165, 1.54) is 6.47 Å². The molecule has 2 nitrogen and oxygen atoms in total. The Bertz CT molecular complexity index is 99.6. The van der Waals surface area contributed by atoms with Crippen molar-refractivity contribution in [3.63, 3.8) is 0 Å². The van der Waals surface area contributed by atoms with Crippen LogP contribution in [0.5, 0.6) is 0 Å². The van der Waals surface area contributed by atoms with E-state index in [-0.39, 0.29) is 6.61 Å². The average molecular weight is 204 g/mol. The van der Waals surface area contributed by atoms with Gasteiger partial charge in [-0.2, -0.15) is 0 Å². The fourth-order valence-electron chi connectivity index (χ4n) is 0.386. The number of hydrogen-bond donors (Lipinski definition) is 0. The highest BCUT2D eigenvalue weighted by molar-refractivity contribution is 6.67. The molecule has 5 heteroatoms. The van der Waals surface area contributed by atoms with Crippen LogP contribution < -0.4 is 0 Å². The van der Waals surface area contributed by atoms with Gasteiger partial charge < -0.3 is 4.74 Å². The Kier molecular flexibility index (Phi) is 5.22. The van der Waals surface area contributed by atoms with Gasteiger partial charge in [-0.3, -0.25) is 0 Å². The summed E-state index contributed by atoms with van der Waals surface area (Å²) in [6, 6.07) is 0. The second-order valence-electron chi connectivity index (χ2n) is 1.65. The van der Waals surface area contributed by atoms with Gasteiger partial charge in [-0.1, -0.05) is 34.8 Å². The molecule has 0 unspecified atom stereocenters. The van der Waals surface area contributed by atoms with Crippen LogP contribution >= 0.6 is 34.8 Å². The minimum atomic E-state index is -1.24. The normalized spacial score (nSPS) is 11.1. The Hall–Kier alpha value is 0.340. The van der Waals surface area contributed by atoms with Gasteiger partial charge in [0.05, 0.1) is 6.61 Å². The van der Waals surface area contributed by atoms with Crippen LogP contribution in [0.4, 0.5) is 0 Å². The van der Waals surface area contributed by atoms with Gasteiger partial charge in [0.25, 0.3) is 0 Å². The highest BCUT2D eigenvalue weighted by Crippen LogP contribution is 2.30. The summed E-state index contributed by atoms with van der Waals surface area (Å²) >= 11 is 16.2. The Labute approximate surface area is 74.4 Å². The third kappa shape index (κ3) is 8.34. The van der Waals surface area contributed by atoms with E-state index in [0.29, 0.717) is 12.8 Å². The van der Waals surface area contributed by atoms with Crippen LogP contribution in [0.15, 0.2) is 0 Å². The Morgan fingerprint density at radius 1 is 1.40 bits per heavy atom. The molecule has 0 aromatic carbocycles. The smallest absolute Gasteiger partial charge is 0.417 e. The summed E-state index contributed by atoms with van der Waals surface area (Å²) in [6.45, 7) is 1.52. The number of carbonyl (C=O) groups excluding carboxylic acids is 1. The third-order valence-corrected chi connectivity index (χ3v) is 1.33. The monoisotopic (exact) mass is 203 g/mol. The molecular weight excluding hydrogens is 198 g/mol. The predicted octanol–water partition coefficient (Wildman–Crippen LogP) is 2.22. The minimum Gasteiger partial charge on any atom is -0.457 e. The predicted molar refractivity (Wildman–Crippen MR) is 41.2 cm³/mol. The summed E-state index contributed by atoms with van der Waals surface area (Å²) < 4.78 is 3.00. The van der Waals surface area contributed by atoms with E-state index in [1.807, 2.05) is 0 Å². The van der Waals surface area contributed by atoms with Gasteiger partial charge in [0.2, 0.25) is 0 Å². The van der Waals surface area contributed by atoms with E-state index in [2.05, 4.69) is 4.74 Å². The first-order valence-corrected chi connectivity index (χ1v) is 3.75. The van der Waals surface area contributed by atoms with E-state index in [0.717, 1.165) is 0 Å². The van der Waals surface area contributed by atoms with Crippen LogP contribution in [-0.2, 0) is 9.53 Å². The van der Waals surface area contributed by atoms with Crippen LogP contribution in [-0.4, -0.2) is 16.9 Å². The maximum Gasteiger partial charge on any atom is 0.417 e. The fourth-order valence-corrected chi connectivity index (χ4v) is 0.787. The molecule has 0 spiro atoms. The lowest BCUT2D eigenvalue weighted by atomic mass is 10.3. The zero-order valence-corrected chi connectivity index (χ0v) is 7.34. The molecule has 0 aliphatic heterocycles. The Balaban J connectivity index is 3.12. The minimum absolute atomic E-state index is 0.247. The zero-order valence-electron chi connectivity index (χ0n) is 5.07. The molecule has 1 radical (unpaired) electrons. The molecule has 0 saturated heterocycles. The van der Waals surface area contributed by atoms with Crippen LogP contribution in [0, 0.1) is 0 Å². The first-order valence-electron chi connectivity index (χ1n) is 2.62. The van der Waals surface area contributed by atoms with Gasteiger partial charge in [-0.05, 0) is 12.8 Å². The molecule has 0 N–H and O–H groups in total. The van der Waals surface area contributed by atoms with Crippen LogP contribution in [0.2, 0.25) is 0 Å². The lowest BCUT2D eigenvalue weighted by molar-refractivity contribution is 0.270. The number of hydrogen-bond acceptors (Lipinski definition) is 2. The molecule has 0 aliphatic carbocycles. The van der Waals surface area contributed by atoms with Gasteiger partial charge in [0, 0.05) is 0 Å². The van der Waals surface area contributed by atoms with Gasteiger partial charge in [-0.15, -0.1) is 0 Å². The molecule has 0 bridgehead atoms. The maximum absolute atomic E-state index is 9.48. The van der Waals surface area contributed by atoms with Gasteiger partial charge >= 0.3 is 6.47 Å². The molecular formula is C5H6Cl3O2. The molecule has 0 heterocycles. The summed E-state index contributed by atoms with van der Waals surface area (Å²) in [7, 11) is 0. The quantitative estimate of drug-likeness (QED) is 0.518. The first kappa shape index (κ1) is 10.3. The standard InChI is InChI=1S/C5H6Cl3O2/c6-5(7,8)2-1-3-10-4-9/h1-3H2. The zero-order chi connectivity index (χ0) is 8.04. The first-order chi connectivity index (χ1) is 4.56. The third-order valence-electron chi connectivity index (χ3n) is 0.766. The summed E-state index contributed by atoms with van der Waals surface area (Å²) in [5, 5.41) is 0. The van der Waals surface area contributed by atoms with E-state index in [1.54, 1.807) is 0 Å². The van der Waals surface area contributed by atoms with Crippen molar-refractivity contribution in [1.29, 1.82) is 0 Å². The van der Waals surface area contributed by atoms with E-state index >= 15 is 0 Å². The van der Waals surface area contributed by atoms with Crippen molar-refractivity contribution in [3.05, 3.63) is 0 Å². The number of rotatable bonds is 4. The molecule has 0 amide bonds. The fraction of sp³-hybridized carbons (Fsp3) is 0.800. The van der Waals surface area contributed by atoms with Crippen LogP contribution in [0.1, 0.15) is 12.8 Å². The van der Waals surface area contributed by atoms with E-state index in [4.69, 9.17) is 34.8 Å². The summed E-state index contributed by atoms with van der Waals surface area (Å²) in [6.07, 6.45) is 0.908. The Morgan fingerprint density at radius 3 is 2.40 bits per heavy atom. The van der Waals surface area contributed by atoms with Crippen LogP contribution in [0.3, 0.4) is 0 Å². The van der Waals surface area contributed by atoms with Crippen molar-refractivity contribution in [2.45, 2.75) is 16.6 Å². The number of alkyl halides is 3. The lowest BCUT2D eigenvalue weighted by Gasteiger charge is -2.08. The largest absolute Gasteiger partial charge is 0.457 e. The molecule has 0 fully saturated rings. The summed E-state index contributed by atoms with van der Waals surface area (Å²) in [4.78, 5) is 9.48. The molecule has 0 aromatic rings. The van der Waals surface area contributed by atoms with E-state index < -0.39 is 3.79 Å². The van der Waals surface area contributed by atoms with Crippen molar-refractivity contribution in [1.82, 2.24) is 0 Å². The summed E-state index contributed by atoms with van der Waals surface area (Å²) in [5.74, 6) is 0. The van der Waals surface area contributed by atoms with Crippen molar-refractivity contribution in [2.75, 3.05) is 6.61 Å². The van der Waals surface area contributed by atoms with Crippen molar-refractivity contribution < 1.29 is 9.53 Å². The molecule has 0 aromatic heterocycles. The second-order valence-corrected chi connectivity index (χ2v) is 4.17. The summed E-state index contributed by atoms with van der Waals surface area (Å²) in [5.41, 5.74) is 0. The molecule has 10 heavy (non-hydrogen) atoms. The van der Waals surface area contributed by atoms with Crippen molar-refractivity contribution in [2.24, 2.45) is 0 Å². The van der Waals surface area contributed by atoms with Crippen molar-refractivity contribution >= 4 is 41.3 Å². The topological polar surface area (TPSA) is 26.3 Å². The molecule has 59 valence electrons. The average Bonchev–Trinajstić information content (AvgIpc) is 1.78.